The van der Waals surface area contributed by atoms with Crippen LogP contribution in [0.2, 0.25) is 0 Å². The molecule has 3 nitrogen and oxygen atoms in total. The van der Waals surface area contributed by atoms with E-state index in [2.05, 4.69) is 0 Å². The number of hydrogen-bond donors (Lipinski definition) is 0. The quantitative estimate of drug-likeness (QED) is 0.518. The predicted octanol–water partition coefficient (Wildman–Crippen LogP) is -0.601. The molecular weight excluding hydrogens is 219 g/mol. The second kappa shape index (κ2) is 5.88. The van der Waals surface area contributed by atoms with Crippen molar-refractivity contribution in [2.45, 2.75) is 31.3 Å². The van der Waals surface area contributed by atoms with E-state index in [9.17, 15) is 8.42 Å². The van der Waals surface area contributed by atoms with Crippen LogP contribution in [0.25, 0.3) is 0 Å². The van der Waals surface area contributed by atoms with Crippen LogP contribution in [-0.4, -0.2) is 14.0 Å². The first-order valence-corrected chi connectivity index (χ1v) is 6.17. The van der Waals surface area contributed by atoms with Crippen molar-refractivity contribution in [3.63, 3.8) is 0 Å². The monoisotopic (exact) mass is 234 g/mol. The smallest absolute Gasteiger partial charge is 0.532 e. The third-order valence-electron chi connectivity index (χ3n) is 1.60. The van der Waals surface area contributed by atoms with Crippen LogP contribution in [0.5, 0.6) is 0 Å². The molecule has 0 bridgehead atoms. The van der Waals surface area contributed by atoms with E-state index in [0.717, 1.165) is 5.94 Å². The summed E-state index contributed by atoms with van der Waals surface area (Å²) >= 11 is 0. The molecule has 0 aliphatic rings. The van der Waals surface area contributed by atoms with Gasteiger partial charge in [-0.25, -0.2) is 0 Å². The predicted molar refractivity (Wildman–Crippen MR) is 58.8 cm³/mol. The van der Waals surface area contributed by atoms with E-state index in [4.69, 9.17) is 4.74 Å². The maximum atomic E-state index is 11.7. The molecule has 0 saturated heterocycles. The van der Waals surface area contributed by atoms with E-state index in [0.29, 0.717) is 0 Å². The van der Waals surface area contributed by atoms with Gasteiger partial charge in [-0.1, -0.05) is 24.1 Å². The minimum absolute atomic E-state index is 0. The average Bonchev–Trinajstić information content (AvgIpc) is 2.16. The third kappa shape index (κ3) is 5.18. The molecule has 84 valence electrons. The molecule has 1 aromatic rings. The van der Waals surface area contributed by atoms with Gasteiger partial charge in [0.2, 0.25) is 0 Å². The Kier molecular flexibility index (Phi) is 5.78. The Balaban J connectivity index is 0.00000225. The van der Waals surface area contributed by atoms with Gasteiger partial charge in [-0.15, -0.1) is 0 Å². The van der Waals surface area contributed by atoms with Crippen LogP contribution < -0.4 is 18.9 Å². The fourth-order valence-corrected chi connectivity index (χ4v) is 1.94. The first-order chi connectivity index (χ1) is 6.81. The van der Waals surface area contributed by atoms with Gasteiger partial charge in [0.15, 0.2) is 0 Å². The van der Waals surface area contributed by atoms with Crippen LogP contribution in [0.4, 0.5) is 0 Å². The van der Waals surface area contributed by atoms with Gasteiger partial charge in [0.05, 0.1) is 9.84 Å². The number of hydrogen-bond acceptors (Lipinski definition) is 3. The summed E-state index contributed by atoms with van der Waals surface area (Å²) in [6.45, 7) is 5.39. The zero-order chi connectivity index (χ0) is 11.5. The number of benzene rings is 1. The molecular formula is C11H15LiO3S. The van der Waals surface area contributed by atoms with Crippen molar-refractivity contribution in [3.05, 3.63) is 36.3 Å². The Bertz CT molecular complexity index is 407. The molecule has 0 amide bonds. The first kappa shape index (κ1) is 15.7. The molecule has 0 aliphatic heterocycles. The number of ether oxygens (including phenoxy) is 1. The maximum absolute atomic E-state index is 11.7. The molecule has 0 fully saturated rings. The fourth-order valence-electron chi connectivity index (χ4n) is 0.873. The van der Waals surface area contributed by atoms with Crippen LogP contribution in [0, 0.1) is 5.94 Å². The Morgan fingerprint density at radius 2 is 1.62 bits per heavy atom. The Hall–Kier alpha value is -0.273. The van der Waals surface area contributed by atoms with E-state index >= 15 is 0 Å². The molecule has 1 rings (SSSR count). The molecule has 5 heteroatoms. The fraction of sp³-hybridized carbons (Fsp3) is 0.364. The summed E-state index contributed by atoms with van der Waals surface area (Å²) in [6.07, 6.45) is 0. The van der Waals surface area contributed by atoms with E-state index < -0.39 is 15.4 Å². The summed E-state index contributed by atoms with van der Waals surface area (Å²) in [6, 6.07) is 8.20. The molecule has 0 spiro atoms. The zero-order valence-corrected chi connectivity index (χ0v) is 10.9. The molecule has 0 aliphatic carbocycles. The van der Waals surface area contributed by atoms with Crippen molar-refractivity contribution < 1.29 is 32.0 Å². The van der Waals surface area contributed by atoms with E-state index in [-0.39, 0.29) is 23.8 Å². The average molecular weight is 234 g/mol. The Morgan fingerprint density at radius 3 is 2.06 bits per heavy atom. The van der Waals surface area contributed by atoms with Crippen LogP contribution in [0.15, 0.2) is 35.2 Å². The van der Waals surface area contributed by atoms with Gasteiger partial charge < -0.3 is 4.74 Å². The van der Waals surface area contributed by atoms with Gasteiger partial charge in [0.1, 0.15) is 0 Å². The van der Waals surface area contributed by atoms with E-state index in [1.165, 1.54) is 12.1 Å². The van der Waals surface area contributed by atoms with Gasteiger partial charge in [-0.3, -0.25) is 8.42 Å². The standard InChI is InChI=1S/C11H15O3S.Li/c1-11(2,3)14-9-15(12,13)10-7-5-4-6-8-10;/h4-9H,1-3H3;/q-1;+1. The molecule has 16 heavy (non-hydrogen) atoms. The second-order valence-corrected chi connectivity index (χ2v) is 5.94. The second-order valence-electron chi connectivity index (χ2n) is 4.18. The minimum Gasteiger partial charge on any atom is -0.532 e. The Labute approximate surface area is 109 Å². The van der Waals surface area contributed by atoms with Crippen molar-refractivity contribution in [3.8, 4) is 0 Å². The first-order valence-electron chi connectivity index (χ1n) is 4.62. The van der Waals surface area contributed by atoms with Crippen molar-refractivity contribution in [1.82, 2.24) is 0 Å². The number of rotatable bonds is 3. The molecule has 0 atom stereocenters. The third-order valence-corrected chi connectivity index (χ3v) is 2.88. The van der Waals surface area contributed by atoms with Crippen molar-refractivity contribution in [1.29, 1.82) is 0 Å². The van der Waals surface area contributed by atoms with Crippen LogP contribution >= 0.6 is 0 Å². The normalized spacial score (nSPS) is 11.9. The van der Waals surface area contributed by atoms with Gasteiger partial charge in [-0.05, 0) is 32.9 Å². The summed E-state index contributed by atoms with van der Waals surface area (Å²) in [5.74, 6) is 0.905. The summed E-state index contributed by atoms with van der Waals surface area (Å²) in [5.41, 5.74) is -0.498. The summed E-state index contributed by atoms with van der Waals surface area (Å²) in [5, 5.41) is 0. The Morgan fingerprint density at radius 1 is 1.12 bits per heavy atom. The molecule has 0 unspecified atom stereocenters. The van der Waals surface area contributed by atoms with Gasteiger partial charge in [-0.2, -0.15) is 0 Å². The van der Waals surface area contributed by atoms with Gasteiger partial charge in [0.25, 0.3) is 0 Å². The number of sulfone groups is 1. The van der Waals surface area contributed by atoms with Gasteiger partial charge in [0, 0.05) is 10.5 Å². The van der Waals surface area contributed by atoms with Gasteiger partial charge >= 0.3 is 18.9 Å². The van der Waals surface area contributed by atoms with Crippen molar-refractivity contribution >= 4 is 9.84 Å². The molecule has 0 N–H and O–H groups in total. The topological polar surface area (TPSA) is 43.4 Å². The SMILES string of the molecule is CC(C)(C)O[CH-]S(=O)(=O)c1ccccc1.[Li+]. The molecule has 1 aromatic carbocycles. The summed E-state index contributed by atoms with van der Waals surface area (Å²) in [7, 11) is -3.44. The van der Waals surface area contributed by atoms with Crippen molar-refractivity contribution in [2.24, 2.45) is 0 Å². The molecule has 0 aromatic heterocycles. The summed E-state index contributed by atoms with van der Waals surface area (Å²) < 4.78 is 28.5. The van der Waals surface area contributed by atoms with E-state index in [1.807, 2.05) is 0 Å². The van der Waals surface area contributed by atoms with Crippen LogP contribution in [0.3, 0.4) is 0 Å². The van der Waals surface area contributed by atoms with Crippen molar-refractivity contribution in [2.75, 3.05) is 0 Å². The molecule has 0 saturated carbocycles. The molecule has 0 radical (unpaired) electrons. The van der Waals surface area contributed by atoms with Crippen LogP contribution in [-0.2, 0) is 14.6 Å². The summed E-state index contributed by atoms with van der Waals surface area (Å²) in [4.78, 5) is 0.245. The zero-order valence-electron chi connectivity index (χ0n) is 10.1. The van der Waals surface area contributed by atoms with E-state index in [1.54, 1.807) is 39.0 Å². The van der Waals surface area contributed by atoms with Crippen LogP contribution in [0.1, 0.15) is 20.8 Å². The largest absolute Gasteiger partial charge is 1.00 e. The maximum Gasteiger partial charge on any atom is 1.00 e. The minimum atomic E-state index is -3.44. The molecule has 0 heterocycles.